The van der Waals surface area contributed by atoms with Crippen molar-refractivity contribution in [3.63, 3.8) is 0 Å². The van der Waals surface area contributed by atoms with Crippen LogP contribution >= 0.6 is 11.6 Å². The van der Waals surface area contributed by atoms with Crippen molar-refractivity contribution in [3.05, 3.63) is 93.5 Å². The maximum atomic E-state index is 13.1. The maximum Gasteiger partial charge on any atom is 0.257 e. The molecule has 0 saturated carbocycles. The van der Waals surface area contributed by atoms with Gasteiger partial charge in [0.2, 0.25) is 10.0 Å². The Kier molecular flexibility index (Phi) is 6.84. The first kappa shape index (κ1) is 23.0. The van der Waals surface area contributed by atoms with Crippen LogP contribution in [0.5, 0.6) is 0 Å². The van der Waals surface area contributed by atoms with Gasteiger partial charge in [0.05, 0.1) is 15.5 Å². The molecule has 3 aromatic carbocycles. The molecule has 0 fully saturated rings. The summed E-state index contributed by atoms with van der Waals surface area (Å²) in [5, 5.41) is 3.06. The molecule has 0 saturated heterocycles. The van der Waals surface area contributed by atoms with Gasteiger partial charge in [0.15, 0.2) is 0 Å². The molecule has 1 N–H and O–H groups in total. The molecule has 0 aliphatic carbocycles. The second-order valence-corrected chi connectivity index (χ2v) is 10.1. The van der Waals surface area contributed by atoms with Crippen molar-refractivity contribution >= 4 is 33.2 Å². The lowest BCUT2D eigenvalue weighted by Gasteiger charge is -2.18. The van der Waals surface area contributed by atoms with Crippen molar-refractivity contribution in [2.45, 2.75) is 32.2 Å². The van der Waals surface area contributed by atoms with Crippen LogP contribution in [0.2, 0.25) is 5.02 Å². The molecular weight excluding hydrogens is 432 g/mol. The predicted molar refractivity (Wildman–Crippen MR) is 125 cm³/mol. The molecular formula is C24H25ClN2O3S. The molecule has 7 heteroatoms. The molecule has 162 valence electrons. The molecule has 31 heavy (non-hydrogen) atoms. The van der Waals surface area contributed by atoms with Gasteiger partial charge < -0.3 is 5.32 Å². The van der Waals surface area contributed by atoms with Gasteiger partial charge in [-0.1, -0.05) is 59.6 Å². The minimum atomic E-state index is -3.81. The molecule has 0 unspecified atom stereocenters. The quantitative estimate of drug-likeness (QED) is 0.544. The topological polar surface area (TPSA) is 66.5 Å². The lowest BCUT2D eigenvalue weighted by atomic mass is 10.0. The number of hydrogen-bond donors (Lipinski definition) is 1. The molecule has 0 radical (unpaired) electrons. The molecule has 1 amide bonds. The summed E-state index contributed by atoms with van der Waals surface area (Å²) in [5.74, 6) is -0.456. The van der Waals surface area contributed by atoms with Crippen LogP contribution in [0.4, 0.5) is 5.69 Å². The Labute approximate surface area is 188 Å². The van der Waals surface area contributed by atoms with E-state index in [1.807, 2.05) is 63.2 Å². The van der Waals surface area contributed by atoms with Gasteiger partial charge in [-0.05, 0) is 55.7 Å². The Morgan fingerprint density at radius 3 is 2.19 bits per heavy atom. The highest BCUT2D eigenvalue weighted by molar-refractivity contribution is 7.89. The monoisotopic (exact) mass is 456 g/mol. The van der Waals surface area contributed by atoms with Crippen LogP contribution in [-0.4, -0.2) is 25.7 Å². The van der Waals surface area contributed by atoms with Gasteiger partial charge in [-0.2, -0.15) is 4.31 Å². The molecule has 5 nitrogen and oxygen atoms in total. The van der Waals surface area contributed by atoms with E-state index in [1.165, 1.54) is 29.6 Å². The second-order valence-electron chi connectivity index (χ2n) is 7.62. The zero-order valence-electron chi connectivity index (χ0n) is 17.9. The molecule has 0 aromatic heterocycles. The third-order valence-electron chi connectivity index (χ3n) is 5.05. The van der Waals surface area contributed by atoms with Crippen LogP contribution in [0.1, 0.15) is 32.6 Å². The van der Waals surface area contributed by atoms with Gasteiger partial charge in [-0.3, -0.25) is 4.79 Å². The largest absolute Gasteiger partial charge is 0.321 e. The number of carbonyl (C=O) groups excluding carboxylic acids is 1. The number of hydrogen-bond acceptors (Lipinski definition) is 3. The SMILES string of the molecule is Cc1cc(C)c(NC(=O)c2cc(S(=O)(=O)N(C)Cc3ccccc3)ccc2Cl)c(C)c1. The first-order valence-electron chi connectivity index (χ1n) is 9.78. The van der Waals surface area contributed by atoms with Gasteiger partial charge in [0, 0.05) is 19.3 Å². The van der Waals surface area contributed by atoms with Gasteiger partial charge >= 0.3 is 0 Å². The highest BCUT2D eigenvalue weighted by Gasteiger charge is 2.24. The van der Waals surface area contributed by atoms with Crippen molar-refractivity contribution < 1.29 is 13.2 Å². The molecule has 0 bridgehead atoms. The number of rotatable bonds is 6. The van der Waals surface area contributed by atoms with Gasteiger partial charge in [-0.15, -0.1) is 0 Å². The van der Waals surface area contributed by atoms with E-state index in [0.29, 0.717) is 5.69 Å². The first-order valence-corrected chi connectivity index (χ1v) is 11.6. The van der Waals surface area contributed by atoms with Crippen LogP contribution < -0.4 is 5.32 Å². The van der Waals surface area contributed by atoms with Crippen LogP contribution in [0.25, 0.3) is 0 Å². The third-order valence-corrected chi connectivity index (χ3v) is 7.18. The van der Waals surface area contributed by atoms with E-state index in [-0.39, 0.29) is 22.0 Å². The van der Waals surface area contributed by atoms with Crippen molar-refractivity contribution in [2.24, 2.45) is 0 Å². The average Bonchev–Trinajstić information content (AvgIpc) is 2.71. The first-order chi connectivity index (χ1) is 14.6. The van der Waals surface area contributed by atoms with E-state index in [2.05, 4.69) is 5.32 Å². The Morgan fingerprint density at radius 1 is 0.968 bits per heavy atom. The van der Waals surface area contributed by atoms with E-state index in [1.54, 1.807) is 0 Å². The number of benzene rings is 3. The summed E-state index contributed by atoms with van der Waals surface area (Å²) in [4.78, 5) is 13.0. The van der Waals surface area contributed by atoms with Crippen LogP contribution in [0.3, 0.4) is 0 Å². The van der Waals surface area contributed by atoms with Gasteiger partial charge in [0.25, 0.3) is 5.91 Å². The fourth-order valence-electron chi connectivity index (χ4n) is 3.50. The van der Waals surface area contributed by atoms with Gasteiger partial charge in [-0.25, -0.2) is 8.42 Å². The molecule has 3 aromatic rings. The number of carbonyl (C=O) groups is 1. The molecule has 0 spiro atoms. The molecule has 0 aliphatic rings. The number of aryl methyl sites for hydroxylation is 3. The van der Waals surface area contributed by atoms with Crippen LogP contribution in [0.15, 0.2) is 65.6 Å². The second kappa shape index (κ2) is 9.22. The van der Waals surface area contributed by atoms with Crippen molar-refractivity contribution in [2.75, 3.05) is 12.4 Å². The van der Waals surface area contributed by atoms with E-state index in [0.717, 1.165) is 22.3 Å². The number of nitrogens with zero attached hydrogens (tertiary/aromatic N) is 1. The standard InChI is InChI=1S/C24H25ClN2O3S/c1-16-12-17(2)23(18(3)13-16)26-24(28)21-14-20(10-11-22(21)25)31(29,30)27(4)15-19-8-6-5-7-9-19/h5-14H,15H2,1-4H3,(H,26,28). The van der Waals surface area contributed by atoms with E-state index in [4.69, 9.17) is 11.6 Å². The lowest BCUT2D eigenvalue weighted by Crippen LogP contribution is -2.27. The Bertz CT molecular complexity index is 1200. The van der Waals surface area contributed by atoms with Crippen molar-refractivity contribution in [1.82, 2.24) is 4.31 Å². The van der Waals surface area contributed by atoms with Crippen molar-refractivity contribution in [3.8, 4) is 0 Å². The summed E-state index contributed by atoms with van der Waals surface area (Å²) >= 11 is 6.25. The molecule has 0 heterocycles. The minimum absolute atomic E-state index is 0.0119. The number of anilines is 1. The summed E-state index contributed by atoms with van der Waals surface area (Å²) in [5.41, 5.74) is 4.62. The van der Waals surface area contributed by atoms with E-state index in [9.17, 15) is 13.2 Å². The molecule has 0 aliphatic heterocycles. The lowest BCUT2D eigenvalue weighted by molar-refractivity contribution is 0.102. The zero-order valence-corrected chi connectivity index (χ0v) is 19.5. The highest BCUT2D eigenvalue weighted by Crippen LogP contribution is 2.27. The summed E-state index contributed by atoms with van der Waals surface area (Å²) in [6.45, 7) is 6.03. The van der Waals surface area contributed by atoms with Crippen molar-refractivity contribution in [1.29, 1.82) is 0 Å². The Hall–Kier alpha value is -2.67. The molecule has 0 atom stereocenters. The fourth-order valence-corrected chi connectivity index (χ4v) is 4.89. The zero-order chi connectivity index (χ0) is 22.8. The Balaban J connectivity index is 1.90. The molecule has 3 rings (SSSR count). The van der Waals surface area contributed by atoms with Gasteiger partial charge in [0.1, 0.15) is 0 Å². The Morgan fingerprint density at radius 2 is 1.58 bits per heavy atom. The summed E-state index contributed by atoms with van der Waals surface area (Å²) in [6.07, 6.45) is 0. The summed E-state index contributed by atoms with van der Waals surface area (Å²) in [6, 6.07) is 17.4. The van der Waals surface area contributed by atoms with E-state index < -0.39 is 15.9 Å². The highest BCUT2D eigenvalue weighted by atomic mass is 35.5. The fraction of sp³-hybridized carbons (Fsp3) is 0.208. The summed E-state index contributed by atoms with van der Waals surface area (Å²) < 4.78 is 27.4. The minimum Gasteiger partial charge on any atom is -0.321 e. The number of halogens is 1. The average molecular weight is 457 g/mol. The predicted octanol–water partition coefficient (Wildman–Crippen LogP) is 5.34. The third kappa shape index (κ3) is 5.15. The maximum absolute atomic E-state index is 13.1. The smallest absolute Gasteiger partial charge is 0.257 e. The van der Waals surface area contributed by atoms with Crippen LogP contribution in [-0.2, 0) is 16.6 Å². The summed E-state index contributed by atoms with van der Waals surface area (Å²) in [7, 11) is -2.30. The number of nitrogens with one attached hydrogen (secondary N) is 1. The normalized spacial score (nSPS) is 11.5. The van der Waals surface area contributed by atoms with E-state index >= 15 is 0 Å². The number of amides is 1. The number of sulfonamides is 1. The van der Waals surface area contributed by atoms with Crippen LogP contribution in [0, 0.1) is 20.8 Å².